The Labute approximate surface area is 91.7 Å². The average Bonchev–Trinajstić information content (AvgIpc) is 2.17. The van der Waals surface area contributed by atoms with Crippen LogP contribution < -0.4 is 11.1 Å². The number of anilines is 1. The second-order valence-electron chi connectivity index (χ2n) is 2.75. The van der Waals surface area contributed by atoms with Crippen LogP contribution in [-0.4, -0.2) is 11.8 Å². The SMILES string of the molecule is C=CC(=O)Nc1ccc(C(N)=O)c(Cl)c1. The van der Waals surface area contributed by atoms with Crippen molar-refractivity contribution in [3.8, 4) is 0 Å². The minimum Gasteiger partial charge on any atom is -0.366 e. The summed E-state index contributed by atoms with van der Waals surface area (Å²) in [7, 11) is 0. The molecule has 0 atom stereocenters. The molecule has 1 aromatic carbocycles. The van der Waals surface area contributed by atoms with E-state index in [-0.39, 0.29) is 16.5 Å². The summed E-state index contributed by atoms with van der Waals surface area (Å²) in [6.07, 6.45) is 1.13. The van der Waals surface area contributed by atoms with E-state index in [1.165, 1.54) is 18.2 Å². The van der Waals surface area contributed by atoms with Gasteiger partial charge in [0.1, 0.15) is 0 Å². The fourth-order valence-corrected chi connectivity index (χ4v) is 1.26. The topological polar surface area (TPSA) is 72.2 Å². The first kappa shape index (κ1) is 11.3. The van der Waals surface area contributed by atoms with E-state index < -0.39 is 5.91 Å². The van der Waals surface area contributed by atoms with Gasteiger partial charge in [0.2, 0.25) is 11.8 Å². The number of rotatable bonds is 3. The maximum Gasteiger partial charge on any atom is 0.250 e. The summed E-state index contributed by atoms with van der Waals surface area (Å²) in [5, 5.41) is 2.70. The molecule has 0 spiro atoms. The fourth-order valence-electron chi connectivity index (χ4n) is 0.986. The van der Waals surface area contributed by atoms with Gasteiger partial charge in [-0.2, -0.15) is 0 Å². The summed E-state index contributed by atoms with van der Waals surface area (Å²) in [4.78, 5) is 21.8. The highest BCUT2D eigenvalue weighted by Crippen LogP contribution is 2.20. The van der Waals surface area contributed by atoms with Gasteiger partial charge in [-0.15, -0.1) is 0 Å². The molecule has 0 heterocycles. The number of carbonyl (C=O) groups excluding carboxylic acids is 2. The molecule has 0 aliphatic carbocycles. The average molecular weight is 225 g/mol. The molecule has 1 aromatic rings. The van der Waals surface area contributed by atoms with Gasteiger partial charge in [-0.05, 0) is 24.3 Å². The van der Waals surface area contributed by atoms with E-state index in [1.807, 2.05) is 0 Å². The first-order valence-corrected chi connectivity index (χ1v) is 4.45. The van der Waals surface area contributed by atoms with Gasteiger partial charge in [0.25, 0.3) is 0 Å². The molecule has 2 amide bonds. The maximum absolute atomic E-state index is 10.9. The van der Waals surface area contributed by atoms with Crippen molar-refractivity contribution in [1.82, 2.24) is 0 Å². The van der Waals surface area contributed by atoms with Crippen LogP contribution in [0.2, 0.25) is 5.02 Å². The zero-order valence-electron chi connectivity index (χ0n) is 7.79. The summed E-state index contributed by atoms with van der Waals surface area (Å²) in [5.74, 6) is -0.959. The fraction of sp³-hybridized carbons (Fsp3) is 0. The molecular formula is C10H9ClN2O2. The quantitative estimate of drug-likeness (QED) is 0.765. The number of primary amides is 1. The molecule has 3 N–H and O–H groups in total. The lowest BCUT2D eigenvalue weighted by molar-refractivity contribution is -0.111. The van der Waals surface area contributed by atoms with Crippen molar-refractivity contribution in [2.75, 3.05) is 5.32 Å². The summed E-state index contributed by atoms with van der Waals surface area (Å²) < 4.78 is 0. The highest BCUT2D eigenvalue weighted by Gasteiger charge is 2.07. The number of amides is 2. The van der Waals surface area contributed by atoms with Gasteiger partial charge in [-0.3, -0.25) is 9.59 Å². The highest BCUT2D eigenvalue weighted by molar-refractivity contribution is 6.34. The van der Waals surface area contributed by atoms with Gasteiger partial charge in [0.15, 0.2) is 0 Å². The Kier molecular flexibility index (Phi) is 3.46. The van der Waals surface area contributed by atoms with Crippen LogP contribution >= 0.6 is 11.6 Å². The smallest absolute Gasteiger partial charge is 0.250 e. The lowest BCUT2D eigenvalue weighted by Crippen LogP contribution is -2.12. The number of carbonyl (C=O) groups is 2. The third-order valence-electron chi connectivity index (χ3n) is 1.69. The molecule has 5 heteroatoms. The summed E-state index contributed by atoms with van der Waals surface area (Å²) in [6.45, 7) is 3.31. The molecule has 0 aromatic heterocycles. The monoisotopic (exact) mass is 224 g/mol. The van der Waals surface area contributed by atoms with Crippen LogP contribution in [0, 0.1) is 0 Å². The van der Waals surface area contributed by atoms with E-state index in [1.54, 1.807) is 0 Å². The Morgan fingerprint density at radius 1 is 1.47 bits per heavy atom. The van der Waals surface area contributed by atoms with Crippen LogP contribution in [-0.2, 0) is 4.79 Å². The van der Waals surface area contributed by atoms with Crippen LogP contribution in [0.4, 0.5) is 5.69 Å². The second-order valence-corrected chi connectivity index (χ2v) is 3.16. The molecule has 0 aliphatic heterocycles. The van der Waals surface area contributed by atoms with E-state index >= 15 is 0 Å². The van der Waals surface area contributed by atoms with Crippen molar-refractivity contribution >= 4 is 29.1 Å². The van der Waals surface area contributed by atoms with Crippen molar-refractivity contribution in [1.29, 1.82) is 0 Å². The standard InChI is InChI=1S/C10H9ClN2O2/c1-2-9(14)13-6-3-4-7(10(12)15)8(11)5-6/h2-5H,1H2,(H2,12,15)(H,13,14). The third-order valence-corrected chi connectivity index (χ3v) is 2.00. The number of nitrogens with two attached hydrogens (primary N) is 1. The molecule has 0 saturated carbocycles. The second kappa shape index (κ2) is 4.61. The maximum atomic E-state index is 10.9. The number of halogens is 1. The van der Waals surface area contributed by atoms with Crippen molar-refractivity contribution in [2.45, 2.75) is 0 Å². The van der Waals surface area contributed by atoms with Gasteiger partial charge < -0.3 is 11.1 Å². The molecule has 1 rings (SSSR count). The number of hydrogen-bond donors (Lipinski definition) is 2. The van der Waals surface area contributed by atoms with Gasteiger partial charge in [-0.1, -0.05) is 18.2 Å². The zero-order valence-corrected chi connectivity index (χ0v) is 8.54. The van der Waals surface area contributed by atoms with E-state index in [4.69, 9.17) is 17.3 Å². The predicted molar refractivity (Wildman–Crippen MR) is 58.8 cm³/mol. The molecular weight excluding hydrogens is 216 g/mol. The minimum atomic E-state index is -0.610. The first-order chi connectivity index (χ1) is 7.04. The van der Waals surface area contributed by atoms with Gasteiger partial charge >= 0.3 is 0 Å². The number of hydrogen-bond acceptors (Lipinski definition) is 2. The normalized spacial score (nSPS) is 9.40. The van der Waals surface area contributed by atoms with E-state index in [0.29, 0.717) is 5.69 Å². The Morgan fingerprint density at radius 3 is 2.60 bits per heavy atom. The predicted octanol–water partition coefficient (Wildman–Crippen LogP) is 1.56. The molecule has 0 aliphatic rings. The molecule has 0 radical (unpaired) electrons. The molecule has 78 valence electrons. The molecule has 0 bridgehead atoms. The Bertz CT molecular complexity index is 429. The van der Waals surface area contributed by atoms with Crippen molar-refractivity contribution < 1.29 is 9.59 Å². The molecule has 0 unspecified atom stereocenters. The van der Waals surface area contributed by atoms with Crippen LogP contribution in [0.5, 0.6) is 0 Å². The van der Waals surface area contributed by atoms with E-state index in [9.17, 15) is 9.59 Å². The number of benzene rings is 1. The van der Waals surface area contributed by atoms with Crippen molar-refractivity contribution in [2.24, 2.45) is 5.73 Å². The van der Waals surface area contributed by atoms with E-state index in [2.05, 4.69) is 11.9 Å². The zero-order chi connectivity index (χ0) is 11.4. The summed E-state index contributed by atoms with van der Waals surface area (Å²) >= 11 is 5.77. The molecule has 0 saturated heterocycles. The lowest BCUT2D eigenvalue weighted by atomic mass is 10.2. The van der Waals surface area contributed by atoms with Crippen molar-refractivity contribution in [3.63, 3.8) is 0 Å². The van der Waals surface area contributed by atoms with Crippen LogP contribution in [0.1, 0.15) is 10.4 Å². The van der Waals surface area contributed by atoms with E-state index in [0.717, 1.165) is 6.08 Å². The first-order valence-electron chi connectivity index (χ1n) is 4.07. The third kappa shape index (κ3) is 2.82. The largest absolute Gasteiger partial charge is 0.366 e. The summed E-state index contributed by atoms with van der Waals surface area (Å²) in [5.41, 5.74) is 5.76. The minimum absolute atomic E-state index is 0.198. The Morgan fingerprint density at radius 2 is 2.13 bits per heavy atom. The number of nitrogens with one attached hydrogen (secondary N) is 1. The van der Waals surface area contributed by atoms with Gasteiger partial charge in [0.05, 0.1) is 10.6 Å². The molecule has 4 nitrogen and oxygen atoms in total. The van der Waals surface area contributed by atoms with Gasteiger partial charge in [0, 0.05) is 5.69 Å². The molecule has 15 heavy (non-hydrogen) atoms. The Balaban J connectivity index is 2.96. The van der Waals surface area contributed by atoms with Crippen LogP contribution in [0.15, 0.2) is 30.9 Å². The Hall–Kier alpha value is -1.81. The van der Waals surface area contributed by atoms with Crippen LogP contribution in [0.25, 0.3) is 0 Å². The lowest BCUT2D eigenvalue weighted by Gasteiger charge is -2.04. The highest BCUT2D eigenvalue weighted by atomic mass is 35.5. The summed E-state index contributed by atoms with van der Waals surface area (Å²) in [6, 6.07) is 4.43. The molecule has 0 fully saturated rings. The van der Waals surface area contributed by atoms with Crippen LogP contribution in [0.3, 0.4) is 0 Å². The van der Waals surface area contributed by atoms with Crippen molar-refractivity contribution in [3.05, 3.63) is 41.4 Å². The van der Waals surface area contributed by atoms with Gasteiger partial charge in [-0.25, -0.2) is 0 Å².